The lowest BCUT2D eigenvalue weighted by Crippen LogP contribution is -2.56. The van der Waals surface area contributed by atoms with E-state index in [0.717, 1.165) is 22.3 Å². The summed E-state index contributed by atoms with van der Waals surface area (Å²) in [5, 5.41) is 17.5. The molecule has 10 heteroatoms. The normalized spacial score (nSPS) is 20.6. The average Bonchev–Trinajstić information content (AvgIpc) is 3.16. The maximum atomic E-state index is 14.5. The third kappa shape index (κ3) is 6.36. The zero-order valence-electron chi connectivity index (χ0n) is 29.8. The number of amides is 1. The van der Waals surface area contributed by atoms with Crippen LogP contribution in [0.5, 0.6) is 11.5 Å². The Kier molecular flexibility index (Phi) is 9.58. The maximum Gasteiger partial charge on any atom is 0.279 e. The van der Waals surface area contributed by atoms with Gasteiger partial charge in [-0.15, -0.1) is 0 Å². The van der Waals surface area contributed by atoms with Crippen LogP contribution in [0.4, 0.5) is 0 Å². The molecule has 51 heavy (non-hydrogen) atoms. The number of ether oxygens (including phenoxy) is 3. The molecule has 0 fully saturated rings. The molecule has 1 N–H and O–H groups in total. The number of hydrogen-bond acceptors (Lipinski definition) is 7. The lowest BCUT2D eigenvalue weighted by Gasteiger charge is -2.46. The van der Waals surface area contributed by atoms with Crippen LogP contribution < -0.4 is 20.2 Å². The first-order valence-corrected chi connectivity index (χ1v) is 20.6. The highest BCUT2D eigenvalue weighted by molar-refractivity contribution is 6.91. The van der Waals surface area contributed by atoms with Crippen molar-refractivity contribution in [1.82, 2.24) is 14.7 Å². The van der Waals surface area contributed by atoms with Gasteiger partial charge >= 0.3 is 0 Å². The standard InChI is InChI=1S/C41H45N3O6Si/c1-26-39(49-3)35-21-30(44-41(47)34-13-9-8-11-28(34)23-42-44)14-19-36(35)50-40(26)37(51(4,5)33-17-15-32(48-2)16-18-33)22-38(46)43-24-29-12-7-6-10-27(29)20-31(43)25-45/h6-19,21,23,26,31,37,39-40,45H,20,22,24-25H2,1-5H3/t26-,31-,37?,39-,40-/m0/s1. The highest BCUT2D eigenvalue weighted by Crippen LogP contribution is 2.48. The van der Waals surface area contributed by atoms with E-state index in [1.54, 1.807) is 20.4 Å². The van der Waals surface area contributed by atoms with Crippen LogP contribution in [0.15, 0.2) is 102 Å². The minimum absolute atomic E-state index is 0.00954. The lowest BCUT2D eigenvalue weighted by atomic mass is 9.86. The molecule has 7 rings (SSSR count). The third-order valence-corrected chi connectivity index (χ3v) is 15.4. The second-order valence-corrected chi connectivity index (χ2v) is 19.1. The van der Waals surface area contributed by atoms with Crippen LogP contribution in [0.1, 0.15) is 36.1 Å². The first kappa shape index (κ1) is 34.7. The monoisotopic (exact) mass is 703 g/mol. The summed E-state index contributed by atoms with van der Waals surface area (Å²) in [6, 6.07) is 29.2. The lowest BCUT2D eigenvalue weighted by molar-refractivity contribution is -0.136. The van der Waals surface area contributed by atoms with Gasteiger partial charge in [0.1, 0.15) is 17.6 Å². The highest BCUT2D eigenvalue weighted by atomic mass is 28.3. The summed E-state index contributed by atoms with van der Waals surface area (Å²) in [5.74, 6) is 1.31. The Balaban J connectivity index is 1.26. The van der Waals surface area contributed by atoms with Crippen molar-refractivity contribution in [3.05, 3.63) is 124 Å². The van der Waals surface area contributed by atoms with E-state index in [0.29, 0.717) is 29.8 Å². The average molecular weight is 704 g/mol. The second-order valence-electron chi connectivity index (χ2n) is 14.4. The molecule has 2 aliphatic heterocycles. The molecular formula is C41H45N3O6Si. The summed E-state index contributed by atoms with van der Waals surface area (Å²) in [6.45, 7) is 7.09. The summed E-state index contributed by atoms with van der Waals surface area (Å²) < 4.78 is 20.1. The number of rotatable bonds is 9. The number of aromatic nitrogens is 2. The van der Waals surface area contributed by atoms with Gasteiger partial charge < -0.3 is 24.2 Å². The van der Waals surface area contributed by atoms with Crippen LogP contribution in [0.2, 0.25) is 18.6 Å². The zero-order valence-corrected chi connectivity index (χ0v) is 30.8. The van der Waals surface area contributed by atoms with Crippen molar-refractivity contribution in [3.63, 3.8) is 0 Å². The van der Waals surface area contributed by atoms with Crippen LogP contribution >= 0.6 is 0 Å². The van der Waals surface area contributed by atoms with E-state index >= 15 is 0 Å². The van der Waals surface area contributed by atoms with E-state index in [-0.39, 0.29) is 54.2 Å². The van der Waals surface area contributed by atoms with Crippen molar-refractivity contribution in [1.29, 1.82) is 0 Å². The quantitative estimate of drug-likeness (QED) is 0.194. The molecule has 0 bridgehead atoms. The topological polar surface area (TPSA) is 103 Å². The number of nitrogens with zero attached hydrogens (tertiary/aromatic N) is 3. The van der Waals surface area contributed by atoms with Crippen molar-refractivity contribution in [2.45, 2.75) is 63.2 Å². The molecule has 1 aromatic heterocycles. The van der Waals surface area contributed by atoms with E-state index in [1.165, 1.54) is 15.4 Å². The number of aliphatic hydroxyl groups excluding tert-OH is 1. The molecule has 0 radical (unpaired) electrons. The summed E-state index contributed by atoms with van der Waals surface area (Å²) in [5.41, 5.74) is 3.40. The second kappa shape index (κ2) is 14.1. The van der Waals surface area contributed by atoms with Gasteiger partial charge in [0.05, 0.1) is 51.2 Å². The molecule has 0 spiro atoms. The Morgan fingerprint density at radius 1 is 1.00 bits per heavy atom. The van der Waals surface area contributed by atoms with Gasteiger partial charge in [0.15, 0.2) is 0 Å². The van der Waals surface area contributed by atoms with Gasteiger partial charge in [-0.25, -0.2) is 0 Å². The van der Waals surface area contributed by atoms with Crippen molar-refractivity contribution >= 4 is 29.9 Å². The van der Waals surface area contributed by atoms with Crippen LogP contribution in [-0.4, -0.2) is 66.7 Å². The zero-order chi connectivity index (χ0) is 35.9. The Morgan fingerprint density at radius 2 is 1.73 bits per heavy atom. The fourth-order valence-corrected chi connectivity index (χ4v) is 11.5. The molecule has 0 saturated carbocycles. The molecule has 0 saturated heterocycles. The number of methoxy groups -OCH3 is 2. The van der Waals surface area contributed by atoms with E-state index in [4.69, 9.17) is 14.2 Å². The molecule has 1 unspecified atom stereocenters. The van der Waals surface area contributed by atoms with E-state index in [1.807, 2.05) is 71.6 Å². The number of aliphatic hydroxyl groups is 1. The van der Waals surface area contributed by atoms with Gasteiger partial charge in [-0.2, -0.15) is 9.78 Å². The summed E-state index contributed by atoms with van der Waals surface area (Å²) in [6.07, 6.45) is 1.87. The van der Waals surface area contributed by atoms with Crippen LogP contribution in [0, 0.1) is 5.92 Å². The minimum atomic E-state index is -2.47. The Labute approximate surface area is 299 Å². The number of benzene rings is 4. The summed E-state index contributed by atoms with van der Waals surface area (Å²) in [4.78, 5) is 29.9. The van der Waals surface area contributed by atoms with Crippen molar-refractivity contribution in [2.75, 3.05) is 20.8 Å². The maximum absolute atomic E-state index is 14.5. The number of hydrogen-bond donors (Lipinski definition) is 1. The number of carbonyl (C=O) groups is 1. The first-order valence-electron chi connectivity index (χ1n) is 17.6. The smallest absolute Gasteiger partial charge is 0.279 e. The van der Waals surface area contributed by atoms with Crippen molar-refractivity contribution in [3.8, 4) is 17.2 Å². The van der Waals surface area contributed by atoms with Crippen LogP contribution in [0.25, 0.3) is 16.5 Å². The van der Waals surface area contributed by atoms with Crippen LogP contribution in [-0.2, 0) is 22.5 Å². The third-order valence-electron chi connectivity index (χ3n) is 11.2. The predicted molar refractivity (Wildman–Crippen MR) is 201 cm³/mol. The van der Waals surface area contributed by atoms with Gasteiger partial charge in [0.25, 0.3) is 5.56 Å². The van der Waals surface area contributed by atoms with E-state index in [2.05, 4.69) is 49.4 Å². The molecule has 264 valence electrons. The molecule has 3 heterocycles. The van der Waals surface area contributed by atoms with Crippen LogP contribution in [0.3, 0.4) is 0 Å². The molecular weight excluding hydrogens is 659 g/mol. The molecule has 5 aromatic rings. The molecule has 4 aromatic carbocycles. The summed E-state index contributed by atoms with van der Waals surface area (Å²) >= 11 is 0. The Bertz CT molecular complexity index is 2120. The van der Waals surface area contributed by atoms with Gasteiger partial charge in [-0.1, -0.05) is 79.8 Å². The van der Waals surface area contributed by atoms with E-state index < -0.39 is 8.07 Å². The first-order chi connectivity index (χ1) is 24.6. The molecule has 1 amide bonds. The largest absolute Gasteiger partial charge is 0.497 e. The van der Waals surface area contributed by atoms with Gasteiger partial charge in [0, 0.05) is 42.5 Å². The molecule has 2 aliphatic rings. The number of carbonyl (C=O) groups excluding carboxylic acids is 1. The van der Waals surface area contributed by atoms with Gasteiger partial charge in [-0.05, 0) is 53.9 Å². The SMILES string of the molecule is COc1ccc([Si](C)(C)C(CC(=O)N2Cc3ccccc3C[C@H]2CO)[C@H]2Oc3ccc(-n4ncc5ccccc5c4=O)cc3[C@@H](OC)[C@@H]2C)cc1. The van der Waals surface area contributed by atoms with Gasteiger partial charge in [-0.3, -0.25) is 9.59 Å². The minimum Gasteiger partial charge on any atom is -0.497 e. The Hall–Kier alpha value is -4.77. The fraction of sp³-hybridized carbons (Fsp3) is 0.341. The molecule has 5 atom stereocenters. The number of fused-ring (bicyclic) bond motifs is 3. The van der Waals surface area contributed by atoms with E-state index in [9.17, 15) is 14.7 Å². The highest BCUT2D eigenvalue weighted by Gasteiger charge is 2.49. The molecule has 0 aliphatic carbocycles. The predicted octanol–water partition coefficient (Wildman–Crippen LogP) is 5.80. The summed E-state index contributed by atoms with van der Waals surface area (Å²) in [7, 11) is 0.890. The van der Waals surface area contributed by atoms with Gasteiger partial charge in [0.2, 0.25) is 5.91 Å². The fourth-order valence-electron chi connectivity index (χ4n) is 8.14. The Morgan fingerprint density at radius 3 is 2.45 bits per heavy atom. The molecule has 9 nitrogen and oxygen atoms in total. The van der Waals surface area contributed by atoms with Crippen molar-refractivity contribution < 1.29 is 24.1 Å². The van der Waals surface area contributed by atoms with Crippen molar-refractivity contribution in [2.24, 2.45) is 5.92 Å².